The fourth-order valence-electron chi connectivity index (χ4n) is 1.10. The lowest BCUT2D eigenvalue weighted by atomic mass is 10.2. The van der Waals surface area contributed by atoms with E-state index in [0.29, 0.717) is 0 Å². The second-order valence-corrected chi connectivity index (χ2v) is 2.85. The van der Waals surface area contributed by atoms with Crippen LogP contribution in [0.15, 0.2) is 24.8 Å². The Morgan fingerprint density at radius 3 is 2.46 bits per heavy atom. The molecule has 0 aromatic rings. The molecule has 0 unspecified atom stereocenters. The molecule has 13 heavy (non-hydrogen) atoms. The Morgan fingerprint density at radius 1 is 1.23 bits per heavy atom. The van der Waals surface area contributed by atoms with E-state index in [1.54, 1.807) is 20.3 Å². The van der Waals surface area contributed by atoms with E-state index >= 15 is 0 Å². The lowest BCUT2D eigenvalue weighted by molar-refractivity contribution is -0.107. The van der Waals surface area contributed by atoms with Crippen molar-refractivity contribution in [1.29, 1.82) is 0 Å². The van der Waals surface area contributed by atoms with Crippen molar-refractivity contribution in [1.82, 2.24) is 0 Å². The summed E-state index contributed by atoms with van der Waals surface area (Å²) in [5, 5.41) is 0. The highest BCUT2D eigenvalue weighted by atomic mass is 16.7. The van der Waals surface area contributed by atoms with Gasteiger partial charge in [0.1, 0.15) is 0 Å². The maximum absolute atomic E-state index is 5.07. The molecule has 0 amide bonds. The zero-order valence-corrected chi connectivity index (χ0v) is 8.66. The van der Waals surface area contributed by atoms with Crippen LogP contribution in [0.3, 0.4) is 0 Å². The Morgan fingerprint density at radius 2 is 1.92 bits per heavy atom. The van der Waals surface area contributed by atoms with Crippen LogP contribution in [0.1, 0.15) is 25.7 Å². The molecule has 0 aromatic carbocycles. The standard InChI is InChI=1S/C11H20O2/c1-4-5-6-7-8-9-10-11(12-2)13-3/h4-6,11H,1,7-10H2,2-3H3/b6-5+. The molecule has 76 valence electrons. The number of allylic oxidation sites excluding steroid dienone is 3. The van der Waals surface area contributed by atoms with Gasteiger partial charge in [0.2, 0.25) is 0 Å². The molecule has 0 aliphatic carbocycles. The molecule has 0 fully saturated rings. The first-order valence-corrected chi connectivity index (χ1v) is 4.68. The third kappa shape index (κ3) is 7.75. The molecule has 0 atom stereocenters. The van der Waals surface area contributed by atoms with Gasteiger partial charge in [0.05, 0.1) is 0 Å². The normalized spacial score (nSPS) is 11.3. The van der Waals surface area contributed by atoms with E-state index < -0.39 is 0 Å². The summed E-state index contributed by atoms with van der Waals surface area (Å²) in [5.74, 6) is 0. The SMILES string of the molecule is C=C/C=C/CCCCC(OC)OC. The van der Waals surface area contributed by atoms with Crippen LogP contribution in [0, 0.1) is 0 Å². The monoisotopic (exact) mass is 184 g/mol. The first-order chi connectivity index (χ1) is 6.35. The lowest BCUT2D eigenvalue weighted by Crippen LogP contribution is -2.12. The van der Waals surface area contributed by atoms with Crippen LogP contribution >= 0.6 is 0 Å². The summed E-state index contributed by atoms with van der Waals surface area (Å²) in [6.45, 7) is 3.61. The smallest absolute Gasteiger partial charge is 0.156 e. The Balaban J connectivity index is 3.23. The van der Waals surface area contributed by atoms with Crippen LogP contribution in [-0.4, -0.2) is 20.5 Å². The van der Waals surface area contributed by atoms with Crippen LogP contribution < -0.4 is 0 Å². The number of ether oxygens (including phenoxy) is 2. The molecule has 0 heterocycles. The molecule has 2 heteroatoms. The molecule has 0 radical (unpaired) electrons. The zero-order valence-electron chi connectivity index (χ0n) is 8.66. The summed E-state index contributed by atoms with van der Waals surface area (Å²) in [7, 11) is 3.34. The van der Waals surface area contributed by atoms with Crippen LogP contribution in [0.25, 0.3) is 0 Å². The largest absolute Gasteiger partial charge is 0.356 e. The lowest BCUT2D eigenvalue weighted by Gasteiger charge is -2.11. The summed E-state index contributed by atoms with van der Waals surface area (Å²) in [6.07, 6.45) is 10.2. The Kier molecular flexibility index (Phi) is 9.05. The minimum atomic E-state index is -0.0385. The van der Waals surface area contributed by atoms with Crippen molar-refractivity contribution in [3.63, 3.8) is 0 Å². The summed E-state index contributed by atoms with van der Waals surface area (Å²) in [4.78, 5) is 0. The Bertz CT molecular complexity index is 137. The summed E-state index contributed by atoms with van der Waals surface area (Å²) >= 11 is 0. The van der Waals surface area contributed by atoms with E-state index in [1.165, 1.54) is 6.42 Å². The molecule has 0 saturated heterocycles. The van der Waals surface area contributed by atoms with Crippen LogP contribution in [0.2, 0.25) is 0 Å². The highest BCUT2D eigenvalue weighted by Gasteiger charge is 2.02. The molecule has 2 nitrogen and oxygen atoms in total. The highest BCUT2D eigenvalue weighted by molar-refractivity contribution is 4.96. The van der Waals surface area contributed by atoms with Gasteiger partial charge in [0.25, 0.3) is 0 Å². The van der Waals surface area contributed by atoms with Gasteiger partial charge in [-0.15, -0.1) is 0 Å². The predicted octanol–water partition coefficient (Wildman–Crippen LogP) is 2.91. The van der Waals surface area contributed by atoms with Gasteiger partial charge in [0, 0.05) is 14.2 Å². The second-order valence-electron chi connectivity index (χ2n) is 2.85. The van der Waals surface area contributed by atoms with Crippen molar-refractivity contribution in [3.05, 3.63) is 24.8 Å². The predicted molar refractivity (Wildman–Crippen MR) is 55.6 cm³/mol. The quantitative estimate of drug-likeness (QED) is 0.328. The third-order valence-corrected chi connectivity index (χ3v) is 1.86. The molecule has 0 bridgehead atoms. The molecular formula is C11H20O2. The second kappa shape index (κ2) is 9.49. The fourth-order valence-corrected chi connectivity index (χ4v) is 1.10. The number of rotatable bonds is 8. The van der Waals surface area contributed by atoms with Gasteiger partial charge in [0.15, 0.2) is 6.29 Å². The minimum Gasteiger partial charge on any atom is -0.356 e. The van der Waals surface area contributed by atoms with E-state index in [4.69, 9.17) is 9.47 Å². The molecule has 0 spiro atoms. The maximum atomic E-state index is 5.07. The number of hydrogen-bond acceptors (Lipinski definition) is 2. The van der Waals surface area contributed by atoms with Crippen molar-refractivity contribution in [2.45, 2.75) is 32.0 Å². The molecular weight excluding hydrogens is 164 g/mol. The van der Waals surface area contributed by atoms with Gasteiger partial charge < -0.3 is 9.47 Å². The number of methoxy groups -OCH3 is 2. The Hall–Kier alpha value is -0.600. The minimum absolute atomic E-state index is 0.0385. The fraction of sp³-hybridized carbons (Fsp3) is 0.636. The highest BCUT2D eigenvalue weighted by Crippen LogP contribution is 2.06. The average molecular weight is 184 g/mol. The van der Waals surface area contributed by atoms with Crippen LogP contribution in [-0.2, 0) is 9.47 Å². The van der Waals surface area contributed by atoms with Crippen molar-refractivity contribution in [3.8, 4) is 0 Å². The van der Waals surface area contributed by atoms with E-state index in [-0.39, 0.29) is 6.29 Å². The molecule has 0 aliphatic rings. The van der Waals surface area contributed by atoms with Crippen molar-refractivity contribution >= 4 is 0 Å². The average Bonchev–Trinajstić information content (AvgIpc) is 2.17. The van der Waals surface area contributed by atoms with Gasteiger partial charge in [-0.3, -0.25) is 0 Å². The van der Waals surface area contributed by atoms with Crippen molar-refractivity contribution in [2.75, 3.05) is 14.2 Å². The summed E-state index contributed by atoms with van der Waals surface area (Å²) in [5.41, 5.74) is 0. The molecule has 0 aromatic heterocycles. The summed E-state index contributed by atoms with van der Waals surface area (Å²) < 4.78 is 10.1. The van der Waals surface area contributed by atoms with E-state index in [9.17, 15) is 0 Å². The molecule has 0 rings (SSSR count). The topological polar surface area (TPSA) is 18.5 Å². The summed E-state index contributed by atoms with van der Waals surface area (Å²) in [6, 6.07) is 0. The first-order valence-electron chi connectivity index (χ1n) is 4.68. The van der Waals surface area contributed by atoms with Crippen LogP contribution in [0.4, 0.5) is 0 Å². The molecule has 0 aliphatic heterocycles. The van der Waals surface area contributed by atoms with Gasteiger partial charge in [-0.05, 0) is 25.7 Å². The van der Waals surface area contributed by atoms with Gasteiger partial charge in [-0.25, -0.2) is 0 Å². The molecule has 0 saturated carbocycles. The van der Waals surface area contributed by atoms with Gasteiger partial charge >= 0.3 is 0 Å². The molecule has 0 N–H and O–H groups in total. The maximum Gasteiger partial charge on any atom is 0.156 e. The first kappa shape index (κ1) is 12.4. The van der Waals surface area contributed by atoms with E-state index in [1.807, 2.05) is 6.08 Å². The van der Waals surface area contributed by atoms with E-state index in [0.717, 1.165) is 19.3 Å². The third-order valence-electron chi connectivity index (χ3n) is 1.86. The zero-order chi connectivity index (χ0) is 9.94. The van der Waals surface area contributed by atoms with Crippen molar-refractivity contribution in [2.24, 2.45) is 0 Å². The number of hydrogen-bond donors (Lipinski definition) is 0. The van der Waals surface area contributed by atoms with E-state index in [2.05, 4.69) is 12.7 Å². The number of unbranched alkanes of at least 4 members (excludes halogenated alkanes) is 2. The Labute approximate surface area is 81.2 Å². The van der Waals surface area contributed by atoms with Gasteiger partial charge in [-0.2, -0.15) is 0 Å². The van der Waals surface area contributed by atoms with Crippen LogP contribution in [0.5, 0.6) is 0 Å². The van der Waals surface area contributed by atoms with Crippen molar-refractivity contribution < 1.29 is 9.47 Å². The van der Waals surface area contributed by atoms with Gasteiger partial charge in [-0.1, -0.05) is 24.8 Å².